The summed E-state index contributed by atoms with van der Waals surface area (Å²) in [4.78, 5) is 24.6. The highest BCUT2D eigenvalue weighted by molar-refractivity contribution is 5.90. The Bertz CT molecular complexity index is 544. The van der Waals surface area contributed by atoms with Crippen molar-refractivity contribution in [3.63, 3.8) is 0 Å². The number of carbonyl (C=O) groups is 2. The lowest BCUT2D eigenvalue weighted by molar-refractivity contribution is -0.153. The second-order valence-corrected chi connectivity index (χ2v) is 4.85. The van der Waals surface area contributed by atoms with Gasteiger partial charge < -0.3 is 9.64 Å². The van der Waals surface area contributed by atoms with E-state index in [2.05, 4.69) is 5.10 Å². The van der Waals surface area contributed by atoms with Crippen molar-refractivity contribution in [2.45, 2.75) is 26.9 Å². The fourth-order valence-electron chi connectivity index (χ4n) is 1.81. The number of ether oxygens (including phenoxy) is 1. The number of likely N-dealkylation sites (N-methyl/N-ethyl adjacent to an activating group) is 1. The summed E-state index contributed by atoms with van der Waals surface area (Å²) in [6.07, 6.45) is 2.18. The predicted octanol–water partition coefficient (Wildman–Crippen LogP) is 1.07. The van der Waals surface area contributed by atoms with Gasteiger partial charge >= 0.3 is 5.97 Å². The van der Waals surface area contributed by atoms with Crippen molar-refractivity contribution in [1.82, 2.24) is 14.7 Å². The molecule has 0 fully saturated rings. The van der Waals surface area contributed by atoms with Gasteiger partial charge in [0.1, 0.15) is 0 Å². The first-order chi connectivity index (χ1) is 9.23. The molecule has 0 unspecified atom stereocenters. The van der Waals surface area contributed by atoms with Crippen LogP contribution in [0.2, 0.25) is 0 Å². The first-order valence-electron chi connectivity index (χ1n) is 6.34. The maximum atomic E-state index is 11.7. The van der Waals surface area contributed by atoms with E-state index in [-0.39, 0.29) is 5.91 Å². The fraction of sp³-hybridized carbons (Fsp3) is 0.500. The van der Waals surface area contributed by atoms with E-state index in [4.69, 9.17) is 4.74 Å². The molecule has 0 aliphatic carbocycles. The zero-order valence-electron chi connectivity index (χ0n) is 12.8. The van der Waals surface area contributed by atoms with Crippen molar-refractivity contribution in [2.75, 3.05) is 14.1 Å². The van der Waals surface area contributed by atoms with E-state index >= 15 is 0 Å². The topological polar surface area (TPSA) is 64.4 Å². The molecule has 1 aromatic rings. The van der Waals surface area contributed by atoms with Crippen LogP contribution in [-0.4, -0.2) is 46.8 Å². The van der Waals surface area contributed by atoms with Crippen molar-refractivity contribution in [3.05, 3.63) is 23.0 Å². The highest BCUT2D eigenvalue weighted by atomic mass is 16.5. The summed E-state index contributed by atoms with van der Waals surface area (Å²) >= 11 is 0. The van der Waals surface area contributed by atoms with E-state index in [1.165, 1.54) is 11.0 Å². The molecule has 0 bridgehead atoms. The van der Waals surface area contributed by atoms with Crippen molar-refractivity contribution in [1.29, 1.82) is 0 Å². The minimum absolute atomic E-state index is 0.250. The van der Waals surface area contributed by atoms with Gasteiger partial charge in [-0.15, -0.1) is 0 Å². The summed E-state index contributed by atoms with van der Waals surface area (Å²) in [6, 6.07) is 0. The molecule has 0 spiro atoms. The Morgan fingerprint density at radius 2 is 1.95 bits per heavy atom. The Morgan fingerprint density at radius 1 is 1.35 bits per heavy atom. The van der Waals surface area contributed by atoms with Crippen LogP contribution in [0.3, 0.4) is 0 Å². The van der Waals surface area contributed by atoms with Gasteiger partial charge in [0, 0.05) is 38.5 Å². The number of carbonyl (C=O) groups excluding carboxylic acids is 2. The number of rotatable bonds is 4. The van der Waals surface area contributed by atoms with E-state index < -0.39 is 12.1 Å². The van der Waals surface area contributed by atoms with Gasteiger partial charge in [0.05, 0.1) is 5.69 Å². The summed E-state index contributed by atoms with van der Waals surface area (Å²) in [5.74, 6) is -0.796. The minimum atomic E-state index is -0.793. The van der Waals surface area contributed by atoms with Crippen LogP contribution in [-0.2, 0) is 21.4 Å². The molecule has 20 heavy (non-hydrogen) atoms. The monoisotopic (exact) mass is 279 g/mol. The van der Waals surface area contributed by atoms with Crippen LogP contribution >= 0.6 is 0 Å². The molecule has 0 aromatic carbocycles. The zero-order valence-corrected chi connectivity index (χ0v) is 12.8. The third-order valence-corrected chi connectivity index (χ3v) is 3.03. The highest BCUT2D eigenvalue weighted by Crippen LogP contribution is 2.13. The molecule has 1 heterocycles. The highest BCUT2D eigenvalue weighted by Gasteiger charge is 2.18. The molecule has 1 rings (SSSR count). The van der Waals surface area contributed by atoms with E-state index in [0.29, 0.717) is 0 Å². The van der Waals surface area contributed by atoms with Gasteiger partial charge in [-0.2, -0.15) is 5.10 Å². The number of aromatic nitrogens is 2. The first-order valence-corrected chi connectivity index (χ1v) is 6.34. The molecule has 0 aliphatic rings. The second kappa shape index (κ2) is 6.36. The maximum absolute atomic E-state index is 11.7. The van der Waals surface area contributed by atoms with Crippen molar-refractivity contribution < 1.29 is 14.3 Å². The number of nitrogens with zero attached hydrogens (tertiary/aromatic N) is 3. The van der Waals surface area contributed by atoms with Crippen molar-refractivity contribution in [3.8, 4) is 0 Å². The summed E-state index contributed by atoms with van der Waals surface area (Å²) < 4.78 is 6.79. The van der Waals surface area contributed by atoms with Gasteiger partial charge in [-0.25, -0.2) is 4.79 Å². The largest absolute Gasteiger partial charge is 0.449 e. The van der Waals surface area contributed by atoms with E-state index in [0.717, 1.165) is 17.0 Å². The fourth-order valence-corrected chi connectivity index (χ4v) is 1.81. The molecule has 1 atom stereocenters. The number of hydrogen-bond acceptors (Lipinski definition) is 4. The standard InChI is InChI=1S/C14H21N3O3/c1-9-12(10(2)17(6)15-9)7-8-13(18)20-11(3)14(19)16(4)5/h7-8,11H,1-6H3/b8-7+/t11-/m1/s1. The van der Waals surface area contributed by atoms with Crippen LogP contribution in [0.25, 0.3) is 6.08 Å². The maximum Gasteiger partial charge on any atom is 0.331 e. The SMILES string of the molecule is Cc1nn(C)c(C)c1/C=C/C(=O)O[C@H](C)C(=O)N(C)C. The second-order valence-electron chi connectivity index (χ2n) is 4.85. The summed E-state index contributed by atoms with van der Waals surface area (Å²) in [7, 11) is 5.07. The van der Waals surface area contributed by atoms with Crippen LogP contribution in [0, 0.1) is 13.8 Å². The van der Waals surface area contributed by atoms with Gasteiger partial charge in [0.25, 0.3) is 5.91 Å². The summed E-state index contributed by atoms with van der Waals surface area (Å²) in [5, 5.41) is 4.25. The lowest BCUT2D eigenvalue weighted by atomic mass is 10.2. The molecule has 110 valence electrons. The molecule has 1 amide bonds. The molecule has 0 radical (unpaired) electrons. The average molecular weight is 279 g/mol. The lowest BCUT2D eigenvalue weighted by Gasteiger charge is -2.16. The normalized spacial score (nSPS) is 12.5. The Balaban J connectivity index is 2.71. The third-order valence-electron chi connectivity index (χ3n) is 3.03. The van der Waals surface area contributed by atoms with E-state index in [9.17, 15) is 9.59 Å². The molecule has 0 saturated heterocycles. The van der Waals surface area contributed by atoms with Crippen LogP contribution in [0.1, 0.15) is 23.9 Å². The molecular weight excluding hydrogens is 258 g/mol. The van der Waals surface area contributed by atoms with Crippen molar-refractivity contribution in [2.24, 2.45) is 7.05 Å². The van der Waals surface area contributed by atoms with Crippen LogP contribution in [0.4, 0.5) is 0 Å². The average Bonchev–Trinajstić information content (AvgIpc) is 2.60. The Hall–Kier alpha value is -2.11. The Kier molecular flexibility index (Phi) is 5.07. The van der Waals surface area contributed by atoms with Crippen LogP contribution < -0.4 is 0 Å². The van der Waals surface area contributed by atoms with Crippen molar-refractivity contribution >= 4 is 18.0 Å². The molecular formula is C14H21N3O3. The Labute approximate surface area is 119 Å². The quantitative estimate of drug-likeness (QED) is 0.611. The number of aryl methyl sites for hydroxylation is 2. The van der Waals surface area contributed by atoms with Gasteiger partial charge in [0.15, 0.2) is 6.10 Å². The number of amides is 1. The van der Waals surface area contributed by atoms with Gasteiger partial charge in [-0.05, 0) is 26.8 Å². The minimum Gasteiger partial charge on any atom is -0.449 e. The van der Waals surface area contributed by atoms with Crippen LogP contribution in [0.5, 0.6) is 0 Å². The number of hydrogen-bond donors (Lipinski definition) is 0. The zero-order chi connectivity index (χ0) is 15.4. The molecule has 0 saturated carbocycles. The Morgan fingerprint density at radius 3 is 2.40 bits per heavy atom. The van der Waals surface area contributed by atoms with Crippen LogP contribution in [0.15, 0.2) is 6.08 Å². The predicted molar refractivity (Wildman–Crippen MR) is 76.0 cm³/mol. The molecule has 0 aliphatic heterocycles. The lowest BCUT2D eigenvalue weighted by Crippen LogP contribution is -2.34. The number of esters is 1. The first kappa shape index (κ1) is 15.9. The molecule has 0 N–H and O–H groups in total. The van der Waals surface area contributed by atoms with E-state index in [1.54, 1.807) is 31.8 Å². The van der Waals surface area contributed by atoms with Gasteiger partial charge in [-0.1, -0.05) is 0 Å². The van der Waals surface area contributed by atoms with E-state index in [1.807, 2.05) is 20.9 Å². The molecule has 6 nitrogen and oxygen atoms in total. The molecule has 1 aromatic heterocycles. The smallest absolute Gasteiger partial charge is 0.331 e. The summed E-state index contributed by atoms with van der Waals surface area (Å²) in [5.41, 5.74) is 2.69. The third kappa shape index (κ3) is 3.69. The van der Waals surface area contributed by atoms with Gasteiger partial charge in [0.2, 0.25) is 0 Å². The molecule has 6 heteroatoms. The van der Waals surface area contributed by atoms with Gasteiger partial charge in [-0.3, -0.25) is 9.48 Å². The summed E-state index contributed by atoms with van der Waals surface area (Å²) in [6.45, 7) is 5.34.